The molecule has 0 aromatic carbocycles. The highest BCUT2D eigenvalue weighted by Gasteiger charge is 2.58. The van der Waals surface area contributed by atoms with Gasteiger partial charge in [0.15, 0.2) is 0 Å². The van der Waals surface area contributed by atoms with Gasteiger partial charge in [0.05, 0.1) is 24.6 Å². The summed E-state index contributed by atoms with van der Waals surface area (Å²) in [6.07, 6.45) is 1.92. The van der Waals surface area contributed by atoms with E-state index in [9.17, 15) is 19.6 Å². The van der Waals surface area contributed by atoms with Crippen LogP contribution >= 0.6 is 11.3 Å². The molecule has 3 amide bonds. The van der Waals surface area contributed by atoms with Gasteiger partial charge in [0, 0.05) is 44.5 Å². The van der Waals surface area contributed by atoms with Crippen LogP contribution in [-0.4, -0.2) is 79.3 Å². The quantitative estimate of drug-likeness (QED) is 0.497. The summed E-state index contributed by atoms with van der Waals surface area (Å²) in [5, 5.41) is 13.9. The summed E-state index contributed by atoms with van der Waals surface area (Å²) in [5.74, 6) is -0.944. The van der Waals surface area contributed by atoms with Gasteiger partial charge in [0.1, 0.15) is 17.2 Å². The van der Waals surface area contributed by atoms with Gasteiger partial charge in [-0.2, -0.15) is 5.26 Å². The second-order valence-corrected chi connectivity index (χ2v) is 19.0. The van der Waals surface area contributed by atoms with E-state index in [1.807, 2.05) is 11.4 Å². The lowest BCUT2D eigenvalue weighted by Gasteiger charge is -2.37. The van der Waals surface area contributed by atoms with E-state index in [1.54, 1.807) is 33.0 Å². The van der Waals surface area contributed by atoms with Crippen molar-refractivity contribution in [1.29, 1.82) is 5.26 Å². The van der Waals surface area contributed by atoms with Gasteiger partial charge in [-0.3, -0.25) is 20.0 Å². The van der Waals surface area contributed by atoms with Gasteiger partial charge in [-0.1, -0.05) is 19.6 Å². The molecule has 1 saturated heterocycles. The Morgan fingerprint density at radius 2 is 1.98 bits per heavy atom. The Kier molecular flexibility index (Phi) is 8.29. The van der Waals surface area contributed by atoms with Crippen molar-refractivity contribution in [3.05, 3.63) is 40.3 Å². The van der Waals surface area contributed by atoms with E-state index in [0.717, 1.165) is 22.0 Å². The molecule has 11 nitrogen and oxygen atoms in total. The van der Waals surface area contributed by atoms with Crippen LogP contribution < -0.4 is 5.32 Å². The predicted octanol–water partition coefficient (Wildman–Crippen LogP) is 4.64. The maximum absolute atomic E-state index is 13.8. The molecule has 4 rings (SSSR count). The number of carbonyl (C=O) groups excluding carboxylic acids is 3. The van der Waals surface area contributed by atoms with Gasteiger partial charge in [-0.25, -0.2) is 14.6 Å². The molecule has 0 saturated carbocycles. The average Bonchev–Trinajstić information content (AvgIpc) is 3.52. The third-order valence-corrected chi connectivity index (χ3v) is 9.64. The lowest BCUT2D eigenvalue weighted by molar-refractivity contribution is -0.132. The van der Waals surface area contributed by atoms with Crippen LogP contribution in [0.2, 0.25) is 25.7 Å². The number of nitrogens with zero attached hydrogens (tertiary/aromatic N) is 5. The number of carbonyl (C=O) groups is 3. The van der Waals surface area contributed by atoms with Gasteiger partial charge in [0.2, 0.25) is 11.9 Å². The van der Waals surface area contributed by atoms with E-state index in [1.165, 1.54) is 34.4 Å². The van der Waals surface area contributed by atoms with Crippen LogP contribution in [0.5, 0.6) is 0 Å². The third-order valence-electron chi connectivity index (χ3n) is 6.84. The van der Waals surface area contributed by atoms with Gasteiger partial charge in [0.25, 0.3) is 0 Å². The maximum atomic E-state index is 13.8. The summed E-state index contributed by atoms with van der Waals surface area (Å²) in [7, 11) is 0.124. The van der Waals surface area contributed by atoms with Crippen molar-refractivity contribution in [2.24, 2.45) is 10.9 Å². The summed E-state index contributed by atoms with van der Waals surface area (Å²) in [6, 6.07) is 6.57. The highest BCUT2D eigenvalue weighted by atomic mass is 32.1. The SMILES string of the molecule is CN1C(=O)C2CN(C(=O)OCC[Si](C)(C)C)C[C@]2(c2cc(-c3cncc(C#N)c3)cs2)N=C1NC(=O)OC(C)(C)C. The van der Waals surface area contributed by atoms with Crippen LogP contribution in [0.3, 0.4) is 0 Å². The van der Waals surface area contributed by atoms with Crippen LogP contribution in [0.25, 0.3) is 11.1 Å². The molecule has 13 heteroatoms. The number of ether oxygens (including phenoxy) is 2. The first-order valence-corrected chi connectivity index (χ1v) is 17.9. The minimum atomic E-state index is -1.41. The van der Waals surface area contributed by atoms with E-state index in [4.69, 9.17) is 14.5 Å². The molecule has 2 aliphatic heterocycles. The van der Waals surface area contributed by atoms with E-state index in [-0.39, 0.29) is 25.0 Å². The molecule has 4 heterocycles. The maximum Gasteiger partial charge on any atom is 0.414 e. The van der Waals surface area contributed by atoms with Crippen LogP contribution in [0.1, 0.15) is 31.2 Å². The van der Waals surface area contributed by atoms with E-state index >= 15 is 0 Å². The fraction of sp³-hybridized carbons (Fsp3) is 0.500. The highest BCUT2D eigenvalue weighted by molar-refractivity contribution is 7.10. The van der Waals surface area contributed by atoms with E-state index in [0.29, 0.717) is 12.2 Å². The number of aliphatic imine (C=N–C) groups is 1. The Hall–Kier alpha value is -3.76. The fourth-order valence-corrected chi connectivity index (χ4v) is 6.52. The Labute approximate surface area is 245 Å². The van der Waals surface area contributed by atoms with Crippen molar-refractivity contribution in [2.45, 2.75) is 57.6 Å². The molecule has 2 aromatic rings. The zero-order valence-electron chi connectivity index (χ0n) is 24.5. The molecule has 2 aliphatic rings. The highest BCUT2D eigenvalue weighted by Crippen LogP contribution is 2.47. The van der Waals surface area contributed by atoms with Crippen molar-refractivity contribution < 1.29 is 23.9 Å². The van der Waals surface area contributed by atoms with Crippen molar-refractivity contribution in [2.75, 3.05) is 26.7 Å². The first-order chi connectivity index (χ1) is 19.1. The number of aromatic nitrogens is 1. The van der Waals surface area contributed by atoms with Crippen molar-refractivity contribution in [3.8, 4) is 17.2 Å². The number of nitriles is 1. The molecule has 0 radical (unpaired) electrons. The molecule has 2 atom stereocenters. The molecular formula is C28H36N6O5SSi. The minimum Gasteiger partial charge on any atom is -0.450 e. The number of rotatable bonds is 5. The molecule has 2 aromatic heterocycles. The Morgan fingerprint density at radius 1 is 1.24 bits per heavy atom. The summed E-state index contributed by atoms with van der Waals surface area (Å²) in [6.45, 7) is 12.4. The Bertz CT molecular complexity index is 1420. The number of hydrogen-bond donors (Lipinski definition) is 1. The number of amides is 3. The summed E-state index contributed by atoms with van der Waals surface area (Å²) in [5.41, 5.74) is 0.0727. The first-order valence-electron chi connectivity index (χ1n) is 13.4. The zero-order valence-corrected chi connectivity index (χ0v) is 26.3. The van der Waals surface area contributed by atoms with Crippen molar-refractivity contribution in [3.63, 3.8) is 0 Å². The fourth-order valence-electron chi connectivity index (χ4n) is 4.69. The third kappa shape index (κ3) is 6.77. The van der Waals surface area contributed by atoms with Gasteiger partial charge in [-0.15, -0.1) is 11.3 Å². The number of nitrogens with one attached hydrogen (secondary N) is 1. The van der Waals surface area contributed by atoms with Gasteiger partial charge in [-0.05, 0) is 49.9 Å². The number of guanidine groups is 1. The molecule has 1 unspecified atom stereocenters. The first kappa shape index (κ1) is 30.2. The number of likely N-dealkylation sites (tertiary alicyclic amines) is 1. The molecular weight excluding hydrogens is 560 g/mol. The minimum absolute atomic E-state index is 0.0394. The Morgan fingerprint density at radius 3 is 2.63 bits per heavy atom. The lowest BCUT2D eigenvalue weighted by atomic mass is 9.83. The standard InChI is InChI=1S/C28H36N6O5SSi/c1-27(2,3)39-25(36)31-24-32-28(22-11-20(16-40-22)19-10-18(12-29)13-30-14-19)17-34(15-21(28)23(35)33(24)4)26(37)38-8-9-41(5,6)7/h10-11,13-14,16,21H,8-9,15,17H2,1-7H3,(H,31,32,36)/t21?,28-/m0/s1. The molecule has 218 valence electrons. The second-order valence-electron chi connectivity index (χ2n) is 12.5. The summed E-state index contributed by atoms with van der Waals surface area (Å²) >= 11 is 1.40. The largest absolute Gasteiger partial charge is 0.450 e. The number of alkyl carbamates (subject to hydrolysis) is 1. The van der Waals surface area contributed by atoms with Crippen molar-refractivity contribution >= 4 is 43.5 Å². The average molecular weight is 597 g/mol. The number of fused-ring (bicyclic) bond motifs is 1. The molecule has 0 spiro atoms. The van der Waals surface area contributed by atoms with E-state index in [2.05, 4.69) is 36.0 Å². The smallest absolute Gasteiger partial charge is 0.414 e. The monoisotopic (exact) mass is 596 g/mol. The lowest BCUT2D eigenvalue weighted by Crippen LogP contribution is -2.56. The van der Waals surface area contributed by atoms with Crippen LogP contribution in [0.15, 0.2) is 34.9 Å². The molecule has 1 fully saturated rings. The van der Waals surface area contributed by atoms with Crippen LogP contribution in [0, 0.1) is 17.2 Å². The molecule has 41 heavy (non-hydrogen) atoms. The van der Waals surface area contributed by atoms with Crippen LogP contribution in [0.4, 0.5) is 9.59 Å². The molecule has 1 N–H and O–H groups in total. The number of pyridine rings is 1. The predicted molar refractivity (Wildman–Crippen MR) is 158 cm³/mol. The number of hydrogen-bond acceptors (Lipinski definition) is 9. The summed E-state index contributed by atoms with van der Waals surface area (Å²) < 4.78 is 11.0. The summed E-state index contributed by atoms with van der Waals surface area (Å²) in [4.78, 5) is 52.3. The van der Waals surface area contributed by atoms with Crippen molar-refractivity contribution in [1.82, 2.24) is 20.1 Å². The number of thiophene rings is 1. The van der Waals surface area contributed by atoms with Gasteiger partial charge >= 0.3 is 12.2 Å². The molecule has 0 aliphatic carbocycles. The second kappa shape index (κ2) is 11.3. The zero-order chi connectivity index (χ0) is 30.2. The normalized spacial score (nSPS) is 20.7. The van der Waals surface area contributed by atoms with E-state index < -0.39 is 37.3 Å². The Balaban J connectivity index is 1.72. The topological polar surface area (TPSA) is 137 Å². The molecule has 0 bridgehead atoms. The van der Waals surface area contributed by atoms with Crippen LogP contribution in [-0.2, 0) is 19.8 Å². The van der Waals surface area contributed by atoms with Gasteiger partial charge < -0.3 is 14.4 Å².